The second kappa shape index (κ2) is 7.10. The molecule has 0 spiro atoms. The van der Waals surface area contributed by atoms with Gasteiger partial charge in [-0.15, -0.1) is 0 Å². The van der Waals surface area contributed by atoms with Gasteiger partial charge in [0.1, 0.15) is 12.7 Å². The van der Waals surface area contributed by atoms with Crippen LogP contribution in [0.5, 0.6) is 11.5 Å². The first-order valence-electron chi connectivity index (χ1n) is 7.77. The first-order valence-corrected chi connectivity index (χ1v) is 9.25. The van der Waals surface area contributed by atoms with Crippen molar-refractivity contribution in [3.05, 3.63) is 54.1 Å². The van der Waals surface area contributed by atoms with Crippen molar-refractivity contribution < 1.29 is 35.9 Å². The van der Waals surface area contributed by atoms with E-state index in [1.807, 2.05) is 0 Å². The highest BCUT2D eigenvalue weighted by Crippen LogP contribution is 2.32. The van der Waals surface area contributed by atoms with Crippen molar-refractivity contribution in [2.24, 2.45) is 0 Å². The lowest BCUT2D eigenvalue weighted by atomic mass is 10.2. The highest BCUT2D eigenvalue weighted by atomic mass is 32.2. The van der Waals surface area contributed by atoms with Gasteiger partial charge in [-0.25, -0.2) is 8.42 Å². The minimum Gasteiger partial charge on any atom is -0.486 e. The standard InChI is InChI=1S/C17H14F3NO5S/c18-17(19,20)27(23,24)15-8-4-1-5-12(15)16(22)21-9-11-10-25-13-6-2-3-7-14(13)26-11/h1-8,11H,9-10H2,(H,21,22)/t11-/m0/s1. The van der Waals surface area contributed by atoms with Crippen LogP contribution in [0.15, 0.2) is 53.4 Å². The van der Waals surface area contributed by atoms with Crippen LogP contribution in [-0.2, 0) is 9.84 Å². The molecule has 6 nitrogen and oxygen atoms in total. The molecule has 0 aromatic heterocycles. The minimum atomic E-state index is -5.65. The van der Waals surface area contributed by atoms with Crippen molar-refractivity contribution in [3.63, 3.8) is 0 Å². The predicted molar refractivity (Wildman–Crippen MR) is 88.4 cm³/mol. The summed E-state index contributed by atoms with van der Waals surface area (Å²) in [7, 11) is -5.65. The number of benzene rings is 2. The van der Waals surface area contributed by atoms with Gasteiger partial charge in [-0.05, 0) is 24.3 Å². The number of ether oxygens (including phenoxy) is 2. The molecule has 0 bridgehead atoms. The SMILES string of the molecule is O=C(NC[C@H]1COc2ccccc2O1)c1ccccc1S(=O)(=O)C(F)(F)F. The third-order valence-corrected chi connectivity index (χ3v) is 5.33. The molecule has 0 saturated carbocycles. The number of amides is 1. The molecular formula is C17H14F3NO5S. The molecule has 0 fully saturated rings. The van der Waals surface area contributed by atoms with Crippen molar-refractivity contribution in [2.75, 3.05) is 13.2 Å². The summed E-state index contributed by atoms with van der Waals surface area (Å²) in [5, 5.41) is 2.39. The van der Waals surface area contributed by atoms with Crippen molar-refractivity contribution in [2.45, 2.75) is 16.5 Å². The van der Waals surface area contributed by atoms with E-state index in [0.717, 1.165) is 18.2 Å². The van der Waals surface area contributed by atoms with Crippen LogP contribution in [0.2, 0.25) is 0 Å². The van der Waals surface area contributed by atoms with Gasteiger partial charge in [-0.1, -0.05) is 24.3 Å². The number of nitrogens with one attached hydrogen (secondary N) is 1. The fraction of sp³-hybridized carbons (Fsp3) is 0.235. The third-order valence-electron chi connectivity index (χ3n) is 3.78. The summed E-state index contributed by atoms with van der Waals surface area (Å²) in [6, 6.07) is 11.0. The van der Waals surface area contributed by atoms with Gasteiger partial charge in [-0.2, -0.15) is 13.2 Å². The van der Waals surface area contributed by atoms with Crippen molar-refractivity contribution in [1.29, 1.82) is 0 Å². The summed E-state index contributed by atoms with van der Waals surface area (Å²) < 4.78 is 72.9. The Labute approximate surface area is 152 Å². The molecule has 27 heavy (non-hydrogen) atoms. The number of halogens is 3. The molecule has 0 aliphatic carbocycles. The van der Waals surface area contributed by atoms with E-state index in [2.05, 4.69) is 5.32 Å². The van der Waals surface area contributed by atoms with Gasteiger partial charge < -0.3 is 14.8 Å². The van der Waals surface area contributed by atoms with E-state index in [4.69, 9.17) is 9.47 Å². The van der Waals surface area contributed by atoms with E-state index in [9.17, 15) is 26.4 Å². The average molecular weight is 401 g/mol. The zero-order chi connectivity index (χ0) is 19.7. The van der Waals surface area contributed by atoms with Crippen LogP contribution in [0.25, 0.3) is 0 Å². The number of carbonyl (C=O) groups is 1. The number of sulfone groups is 1. The lowest BCUT2D eigenvalue weighted by molar-refractivity contribution is -0.0436. The van der Waals surface area contributed by atoms with Crippen LogP contribution >= 0.6 is 0 Å². The molecule has 1 aliphatic heterocycles. The van der Waals surface area contributed by atoms with Crippen LogP contribution in [0.1, 0.15) is 10.4 Å². The summed E-state index contributed by atoms with van der Waals surface area (Å²) in [6.07, 6.45) is -0.574. The maximum absolute atomic E-state index is 12.8. The fourth-order valence-electron chi connectivity index (χ4n) is 2.48. The summed E-state index contributed by atoms with van der Waals surface area (Å²) >= 11 is 0. The largest absolute Gasteiger partial charge is 0.501 e. The Morgan fingerprint density at radius 1 is 1.07 bits per heavy atom. The number of carbonyl (C=O) groups excluding carboxylic acids is 1. The molecule has 1 N–H and O–H groups in total. The highest BCUT2D eigenvalue weighted by Gasteiger charge is 2.48. The zero-order valence-electron chi connectivity index (χ0n) is 13.7. The van der Waals surface area contributed by atoms with E-state index >= 15 is 0 Å². The number of rotatable bonds is 4. The Morgan fingerprint density at radius 3 is 2.41 bits per heavy atom. The Kier molecular flexibility index (Phi) is 5.01. The third kappa shape index (κ3) is 3.85. The molecule has 2 aromatic rings. The maximum Gasteiger partial charge on any atom is 0.501 e. The van der Waals surface area contributed by atoms with Crippen molar-refractivity contribution >= 4 is 15.7 Å². The number of alkyl halides is 3. The summed E-state index contributed by atoms with van der Waals surface area (Å²) in [5.74, 6) is 0.0608. The molecule has 144 valence electrons. The van der Waals surface area contributed by atoms with Gasteiger partial charge in [0.05, 0.1) is 17.0 Å². The highest BCUT2D eigenvalue weighted by molar-refractivity contribution is 7.92. The van der Waals surface area contributed by atoms with E-state index in [1.54, 1.807) is 24.3 Å². The summed E-state index contributed by atoms with van der Waals surface area (Å²) in [6.45, 7) is 0.0490. The molecule has 1 aliphatic rings. The zero-order valence-corrected chi connectivity index (χ0v) is 14.5. The van der Waals surface area contributed by atoms with E-state index in [-0.39, 0.29) is 13.2 Å². The van der Waals surface area contributed by atoms with Crippen LogP contribution in [-0.4, -0.2) is 39.1 Å². The van der Waals surface area contributed by atoms with E-state index < -0.39 is 37.8 Å². The topological polar surface area (TPSA) is 81.7 Å². The van der Waals surface area contributed by atoms with Crippen molar-refractivity contribution in [1.82, 2.24) is 5.32 Å². The quantitative estimate of drug-likeness (QED) is 0.852. The first kappa shape index (κ1) is 19.0. The lowest BCUT2D eigenvalue weighted by Crippen LogP contribution is -2.41. The van der Waals surface area contributed by atoms with Gasteiger partial charge in [0.2, 0.25) is 0 Å². The molecule has 0 saturated heterocycles. The lowest BCUT2D eigenvalue weighted by Gasteiger charge is -2.26. The molecule has 0 unspecified atom stereocenters. The molecule has 0 radical (unpaired) electrons. The Morgan fingerprint density at radius 2 is 1.70 bits per heavy atom. The maximum atomic E-state index is 12.8. The molecule has 3 rings (SSSR count). The number of para-hydroxylation sites is 2. The van der Waals surface area contributed by atoms with Gasteiger partial charge in [0.15, 0.2) is 11.5 Å². The van der Waals surface area contributed by atoms with Crippen LogP contribution in [0, 0.1) is 0 Å². The normalized spacial score (nSPS) is 16.6. The van der Waals surface area contributed by atoms with Crippen molar-refractivity contribution in [3.8, 4) is 11.5 Å². The van der Waals surface area contributed by atoms with E-state index in [0.29, 0.717) is 11.5 Å². The van der Waals surface area contributed by atoms with Crippen LogP contribution < -0.4 is 14.8 Å². The smallest absolute Gasteiger partial charge is 0.486 e. The summed E-state index contributed by atoms with van der Waals surface area (Å²) in [4.78, 5) is 11.2. The Bertz CT molecular complexity index is 959. The first-order chi connectivity index (χ1) is 12.7. The monoisotopic (exact) mass is 401 g/mol. The minimum absolute atomic E-state index is 0.0758. The molecule has 1 heterocycles. The Balaban J connectivity index is 1.73. The van der Waals surface area contributed by atoms with Gasteiger partial charge in [-0.3, -0.25) is 4.79 Å². The van der Waals surface area contributed by atoms with Gasteiger partial charge in [0, 0.05) is 0 Å². The number of hydrogen-bond acceptors (Lipinski definition) is 5. The predicted octanol–water partition coefficient (Wildman–Crippen LogP) is 2.55. The molecule has 1 atom stereocenters. The van der Waals surface area contributed by atoms with Gasteiger partial charge in [0.25, 0.3) is 15.7 Å². The fourth-order valence-corrected chi connectivity index (χ4v) is 3.44. The second-order valence-electron chi connectivity index (χ2n) is 5.65. The molecular weight excluding hydrogens is 387 g/mol. The molecule has 1 amide bonds. The Hall–Kier alpha value is -2.75. The molecule has 10 heteroatoms. The van der Waals surface area contributed by atoms with Crippen LogP contribution in [0.3, 0.4) is 0 Å². The van der Waals surface area contributed by atoms with Gasteiger partial charge >= 0.3 is 5.51 Å². The van der Waals surface area contributed by atoms with Crippen LogP contribution in [0.4, 0.5) is 13.2 Å². The second-order valence-corrected chi connectivity index (χ2v) is 7.56. The number of fused-ring (bicyclic) bond motifs is 1. The molecule has 2 aromatic carbocycles. The number of hydrogen-bond donors (Lipinski definition) is 1. The summed E-state index contributed by atoms with van der Waals surface area (Å²) in [5.41, 5.74) is -6.10. The van der Waals surface area contributed by atoms with E-state index in [1.165, 1.54) is 6.07 Å². The average Bonchev–Trinajstić information content (AvgIpc) is 2.65.